The molecule has 0 aliphatic heterocycles. The lowest BCUT2D eigenvalue weighted by Crippen LogP contribution is -2.48. The minimum atomic E-state index is -3.93. The summed E-state index contributed by atoms with van der Waals surface area (Å²) in [6, 6.07) is 9.88. The number of hydrogen-bond acceptors (Lipinski definition) is 4. The number of rotatable bonds is 5. The number of hydrogen-bond donors (Lipinski definition) is 2. The number of halogens is 1. The molecule has 2 rings (SSSR count). The van der Waals surface area contributed by atoms with Gasteiger partial charge in [-0.3, -0.25) is 4.98 Å². The van der Waals surface area contributed by atoms with E-state index in [4.69, 9.17) is 5.73 Å². The molecule has 3 N–H and O–H groups in total. The van der Waals surface area contributed by atoms with Crippen molar-refractivity contribution in [1.29, 1.82) is 0 Å². The Labute approximate surface area is 123 Å². The average Bonchev–Trinajstić information content (AvgIpc) is 2.47. The number of pyridine rings is 1. The molecular weight excluding hydrogens is 293 g/mol. The monoisotopic (exact) mass is 309 g/mol. The first kappa shape index (κ1) is 15.6. The topological polar surface area (TPSA) is 85.1 Å². The standard InChI is InChI=1S/C14H16FN3O2S/c1-14(10-16,11-5-3-2-4-6-11)18-21(19,20)13-7-12(15)8-17-9-13/h2-9,18H,10,16H2,1H3. The number of nitrogens with zero attached hydrogens (tertiary/aromatic N) is 1. The fourth-order valence-electron chi connectivity index (χ4n) is 1.92. The second kappa shape index (κ2) is 5.88. The zero-order valence-corrected chi connectivity index (χ0v) is 12.3. The van der Waals surface area contributed by atoms with Gasteiger partial charge in [0, 0.05) is 12.7 Å². The number of aromatic nitrogens is 1. The molecule has 0 bridgehead atoms. The van der Waals surface area contributed by atoms with Gasteiger partial charge in [-0.25, -0.2) is 12.8 Å². The van der Waals surface area contributed by atoms with Crippen LogP contribution in [-0.2, 0) is 15.6 Å². The van der Waals surface area contributed by atoms with Gasteiger partial charge in [0.1, 0.15) is 10.7 Å². The SMILES string of the molecule is CC(CN)(NS(=O)(=O)c1cncc(F)c1)c1ccccc1. The Kier molecular flexibility index (Phi) is 4.36. The maximum absolute atomic E-state index is 13.2. The Bertz CT molecular complexity index is 722. The normalized spacial score (nSPS) is 14.6. The summed E-state index contributed by atoms with van der Waals surface area (Å²) in [6.45, 7) is 1.73. The molecule has 0 radical (unpaired) electrons. The molecule has 112 valence electrons. The van der Waals surface area contributed by atoms with Crippen LogP contribution in [0, 0.1) is 5.82 Å². The fourth-order valence-corrected chi connectivity index (χ4v) is 3.30. The Morgan fingerprint density at radius 3 is 2.52 bits per heavy atom. The van der Waals surface area contributed by atoms with Crippen LogP contribution in [0.15, 0.2) is 53.7 Å². The van der Waals surface area contributed by atoms with Crippen molar-refractivity contribution < 1.29 is 12.8 Å². The molecule has 0 amide bonds. The molecule has 0 fully saturated rings. The first-order chi connectivity index (χ1) is 9.87. The van der Waals surface area contributed by atoms with Gasteiger partial charge in [0.2, 0.25) is 10.0 Å². The summed E-state index contributed by atoms with van der Waals surface area (Å²) in [6.07, 6.45) is 2.03. The second-order valence-electron chi connectivity index (χ2n) is 4.85. The molecule has 1 atom stereocenters. The third-order valence-electron chi connectivity index (χ3n) is 3.17. The molecule has 1 unspecified atom stereocenters. The van der Waals surface area contributed by atoms with Crippen molar-refractivity contribution in [3.8, 4) is 0 Å². The van der Waals surface area contributed by atoms with Crippen molar-refractivity contribution in [2.24, 2.45) is 5.73 Å². The van der Waals surface area contributed by atoms with Gasteiger partial charge in [0.25, 0.3) is 0 Å². The molecule has 1 heterocycles. The Morgan fingerprint density at radius 2 is 1.95 bits per heavy atom. The third-order valence-corrected chi connectivity index (χ3v) is 4.73. The van der Waals surface area contributed by atoms with Gasteiger partial charge in [-0.1, -0.05) is 30.3 Å². The quantitative estimate of drug-likeness (QED) is 0.873. The molecule has 0 aliphatic rings. The molecule has 1 aromatic carbocycles. The molecule has 2 aromatic rings. The van der Waals surface area contributed by atoms with Crippen molar-refractivity contribution >= 4 is 10.0 Å². The Hall–Kier alpha value is -1.83. The van der Waals surface area contributed by atoms with Crippen LogP contribution >= 0.6 is 0 Å². The molecule has 0 saturated carbocycles. The highest BCUT2D eigenvalue weighted by atomic mass is 32.2. The summed E-state index contributed by atoms with van der Waals surface area (Å²) in [4.78, 5) is 3.32. The van der Waals surface area contributed by atoms with E-state index < -0.39 is 21.4 Å². The lowest BCUT2D eigenvalue weighted by Gasteiger charge is -2.29. The van der Waals surface area contributed by atoms with Crippen molar-refractivity contribution in [1.82, 2.24) is 9.71 Å². The minimum Gasteiger partial charge on any atom is -0.328 e. The maximum Gasteiger partial charge on any atom is 0.243 e. The predicted octanol–water partition coefficient (Wildman–Crippen LogP) is 1.37. The first-order valence-electron chi connectivity index (χ1n) is 6.27. The van der Waals surface area contributed by atoms with Crippen molar-refractivity contribution in [3.63, 3.8) is 0 Å². The van der Waals surface area contributed by atoms with Gasteiger partial charge in [-0.2, -0.15) is 4.72 Å². The number of sulfonamides is 1. The van der Waals surface area contributed by atoms with Gasteiger partial charge in [0.15, 0.2) is 0 Å². The lowest BCUT2D eigenvalue weighted by atomic mass is 9.94. The lowest BCUT2D eigenvalue weighted by molar-refractivity contribution is 0.441. The van der Waals surface area contributed by atoms with Crippen LogP contribution in [-0.4, -0.2) is 19.9 Å². The second-order valence-corrected chi connectivity index (χ2v) is 6.53. The Balaban J connectivity index is 2.38. The van der Waals surface area contributed by atoms with E-state index in [0.29, 0.717) is 0 Å². The third kappa shape index (κ3) is 3.44. The summed E-state index contributed by atoms with van der Waals surface area (Å²) in [5.41, 5.74) is 5.47. The smallest absolute Gasteiger partial charge is 0.243 e. The van der Waals surface area contributed by atoms with E-state index in [9.17, 15) is 12.8 Å². The van der Waals surface area contributed by atoms with Gasteiger partial charge in [-0.05, 0) is 18.6 Å². The molecule has 0 aliphatic carbocycles. The highest BCUT2D eigenvalue weighted by Crippen LogP contribution is 2.22. The average molecular weight is 309 g/mol. The van der Waals surface area contributed by atoms with Gasteiger partial charge >= 0.3 is 0 Å². The molecule has 21 heavy (non-hydrogen) atoms. The van der Waals surface area contributed by atoms with Gasteiger partial charge in [0.05, 0.1) is 11.7 Å². The zero-order chi connectivity index (χ0) is 15.5. The summed E-state index contributed by atoms with van der Waals surface area (Å²) < 4.78 is 40.4. The molecule has 1 aromatic heterocycles. The van der Waals surface area contributed by atoms with Crippen LogP contribution < -0.4 is 10.5 Å². The highest BCUT2D eigenvalue weighted by molar-refractivity contribution is 7.89. The highest BCUT2D eigenvalue weighted by Gasteiger charge is 2.31. The van der Waals surface area contributed by atoms with Crippen LogP contribution in [0.3, 0.4) is 0 Å². The molecule has 0 saturated heterocycles. The van der Waals surface area contributed by atoms with E-state index in [1.165, 1.54) is 0 Å². The predicted molar refractivity (Wildman–Crippen MR) is 77.4 cm³/mol. The van der Waals surface area contributed by atoms with Gasteiger partial charge in [-0.15, -0.1) is 0 Å². The zero-order valence-electron chi connectivity index (χ0n) is 11.5. The van der Waals surface area contributed by atoms with Crippen LogP contribution in [0.1, 0.15) is 12.5 Å². The van der Waals surface area contributed by atoms with E-state index in [0.717, 1.165) is 24.0 Å². The molecular formula is C14H16FN3O2S. The van der Waals surface area contributed by atoms with Crippen molar-refractivity contribution in [3.05, 3.63) is 60.2 Å². The molecule has 7 heteroatoms. The first-order valence-corrected chi connectivity index (χ1v) is 7.76. The van der Waals surface area contributed by atoms with Crippen LogP contribution in [0.25, 0.3) is 0 Å². The number of nitrogens with two attached hydrogens (primary N) is 1. The van der Waals surface area contributed by atoms with Crippen LogP contribution in [0.5, 0.6) is 0 Å². The van der Waals surface area contributed by atoms with Gasteiger partial charge < -0.3 is 5.73 Å². The minimum absolute atomic E-state index is 0.0546. The van der Waals surface area contributed by atoms with E-state index in [-0.39, 0.29) is 11.4 Å². The van der Waals surface area contributed by atoms with E-state index in [1.807, 2.05) is 6.07 Å². The van der Waals surface area contributed by atoms with Crippen molar-refractivity contribution in [2.75, 3.05) is 6.54 Å². The number of benzene rings is 1. The van der Waals surface area contributed by atoms with E-state index in [2.05, 4.69) is 9.71 Å². The van der Waals surface area contributed by atoms with Crippen LogP contribution in [0.2, 0.25) is 0 Å². The Morgan fingerprint density at radius 1 is 1.29 bits per heavy atom. The molecule has 5 nitrogen and oxygen atoms in total. The number of nitrogens with one attached hydrogen (secondary N) is 1. The summed E-state index contributed by atoms with van der Waals surface area (Å²) >= 11 is 0. The maximum atomic E-state index is 13.2. The van der Waals surface area contributed by atoms with E-state index >= 15 is 0 Å². The van der Waals surface area contributed by atoms with E-state index in [1.54, 1.807) is 31.2 Å². The summed E-state index contributed by atoms with van der Waals surface area (Å²) in [7, 11) is -3.93. The summed E-state index contributed by atoms with van der Waals surface area (Å²) in [5.74, 6) is -0.716. The van der Waals surface area contributed by atoms with Crippen molar-refractivity contribution in [2.45, 2.75) is 17.4 Å². The molecule has 0 spiro atoms. The van der Waals surface area contributed by atoms with Crippen LogP contribution in [0.4, 0.5) is 4.39 Å². The summed E-state index contributed by atoms with van der Waals surface area (Å²) in [5, 5.41) is 0. The fraction of sp³-hybridized carbons (Fsp3) is 0.214. The largest absolute Gasteiger partial charge is 0.328 e.